The number of H-pyrrole nitrogens is 1. The van der Waals surface area contributed by atoms with Crippen molar-refractivity contribution < 1.29 is 4.42 Å². The van der Waals surface area contributed by atoms with Gasteiger partial charge in [0.1, 0.15) is 5.52 Å². The first-order valence-electron chi connectivity index (χ1n) is 6.52. The molecule has 0 fully saturated rings. The van der Waals surface area contributed by atoms with Crippen molar-refractivity contribution in [3.63, 3.8) is 0 Å². The van der Waals surface area contributed by atoms with E-state index in [1.54, 1.807) is 6.33 Å². The van der Waals surface area contributed by atoms with E-state index in [4.69, 9.17) is 16.0 Å². The van der Waals surface area contributed by atoms with E-state index < -0.39 is 0 Å². The van der Waals surface area contributed by atoms with Crippen molar-refractivity contribution in [3.8, 4) is 0 Å². The number of hydrogen-bond donors (Lipinski definition) is 2. The van der Waals surface area contributed by atoms with Gasteiger partial charge in [0.15, 0.2) is 5.58 Å². The molecule has 4 rings (SSSR count). The monoisotopic (exact) mass is 288 g/mol. The minimum Gasteiger partial charge on any atom is -0.439 e. The van der Waals surface area contributed by atoms with Gasteiger partial charge in [-0.1, -0.05) is 11.6 Å². The average Bonchev–Trinajstić information content (AvgIpc) is 3.03. The van der Waals surface area contributed by atoms with Crippen LogP contribution in [0.4, 0.5) is 0 Å². The summed E-state index contributed by atoms with van der Waals surface area (Å²) >= 11 is 6.06. The average molecular weight is 289 g/mol. The maximum Gasteiger partial charge on any atom is 0.213 e. The summed E-state index contributed by atoms with van der Waals surface area (Å²) in [6, 6.07) is 3.77. The first kappa shape index (κ1) is 11.9. The summed E-state index contributed by atoms with van der Waals surface area (Å²) in [5.74, 6) is 0.694. The number of fused-ring (bicyclic) bond motifs is 2. The molecule has 1 atom stereocenters. The SMILES string of the molecule is Cc1cc(Cl)cc2nc(C3Cc4nc[nH]c4CN3)oc12. The molecule has 1 aliphatic rings. The van der Waals surface area contributed by atoms with Crippen molar-refractivity contribution in [2.24, 2.45) is 0 Å². The lowest BCUT2D eigenvalue weighted by Gasteiger charge is -2.19. The van der Waals surface area contributed by atoms with Crippen molar-refractivity contribution >= 4 is 22.7 Å². The van der Waals surface area contributed by atoms with Crippen molar-refractivity contribution in [1.29, 1.82) is 0 Å². The van der Waals surface area contributed by atoms with Gasteiger partial charge in [-0.15, -0.1) is 0 Å². The van der Waals surface area contributed by atoms with Gasteiger partial charge in [0.05, 0.1) is 23.8 Å². The Bertz CT molecular complexity index is 792. The Kier molecular flexibility index (Phi) is 2.58. The van der Waals surface area contributed by atoms with E-state index >= 15 is 0 Å². The number of aromatic amines is 1. The summed E-state index contributed by atoms with van der Waals surface area (Å²) in [6.45, 7) is 2.72. The predicted octanol–water partition coefficient (Wildman–Crippen LogP) is 2.90. The van der Waals surface area contributed by atoms with E-state index in [9.17, 15) is 0 Å². The van der Waals surface area contributed by atoms with Gasteiger partial charge in [-0.2, -0.15) is 0 Å². The third-order valence-electron chi connectivity index (χ3n) is 3.69. The number of oxazole rings is 1. The maximum atomic E-state index is 6.06. The van der Waals surface area contributed by atoms with E-state index in [0.717, 1.165) is 41.0 Å². The fourth-order valence-electron chi connectivity index (χ4n) is 2.67. The molecular weight excluding hydrogens is 276 g/mol. The summed E-state index contributed by atoms with van der Waals surface area (Å²) in [5.41, 5.74) is 4.82. The van der Waals surface area contributed by atoms with Gasteiger partial charge in [0.25, 0.3) is 0 Å². The minimum absolute atomic E-state index is 0.0522. The van der Waals surface area contributed by atoms with Crippen LogP contribution in [-0.4, -0.2) is 15.0 Å². The smallest absolute Gasteiger partial charge is 0.213 e. The molecule has 0 amide bonds. The summed E-state index contributed by atoms with van der Waals surface area (Å²) in [7, 11) is 0. The summed E-state index contributed by atoms with van der Waals surface area (Å²) in [4.78, 5) is 12.0. The van der Waals surface area contributed by atoms with Crippen molar-refractivity contribution in [3.05, 3.63) is 46.3 Å². The molecule has 0 bridgehead atoms. The molecule has 0 spiro atoms. The molecule has 0 saturated heterocycles. The van der Waals surface area contributed by atoms with Gasteiger partial charge < -0.3 is 9.40 Å². The van der Waals surface area contributed by atoms with Gasteiger partial charge in [-0.05, 0) is 24.6 Å². The van der Waals surface area contributed by atoms with Crippen molar-refractivity contribution in [2.45, 2.75) is 25.9 Å². The number of nitrogens with zero attached hydrogens (tertiary/aromatic N) is 2. The maximum absolute atomic E-state index is 6.06. The lowest BCUT2D eigenvalue weighted by molar-refractivity contribution is 0.390. The van der Waals surface area contributed by atoms with E-state index in [1.165, 1.54) is 0 Å². The highest BCUT2D eigenvalue weighted by Gasteiger charge is 2.25. The molecule has 2 aromatic heterocycles. The molecule has 0 radical (unpaired) electrons. The highest BCUT2D eigenvalue weighted by atomic mass is 35.5. The third-order valence-corrected chi connectivity index (χ3v) is 3.90. The first-order chi connectivity index (χ1) is 9.70. The Labute approximate surface area is 120 Å². The molecule has 3 heterocycles. The number of aryl methyl sites for hydroxylation is 1. The Balaban J connectivity index is 1.75. The Morgan fingerprint density at radius 1 is 1.40 bits per heavy atom. The Hall–Kier alpha value is -1.85. The molecule has 5 nitrogen and oxygen atoms in total. The molecule has 102 valence electrons. The number of halogens is 1. The van der Waals surface area contributed by atoms with Crippen LogP contribution >= 0.6 is 11.6 Å². The quantitative estimate of drug-likeness (QED) is 0.722. The second-order valence-corrected chi connectivity index (χ2v) is 5.52. The van der Waals surface area contributed by atoms with Crippen molar-refractivity contribution in [2.75, 3.05) is 0 Å². The standard InChI is InChI=1S/C14H13ClN4O/c1-7-2-8(15)3-10-13(7)20-14(19-10)11-4-9-12(5-16-11)18-6-17-9/h2-3,6,11,16H,4-5H2,1H3,(H,17,18). The number of aromatic nitrogens is 3. The van der Waals surface area contributed by atoms with E-state index in [2.05, 4.69) is 20.3 Å². The van der Waals surface area contributed by atoms with Crippen LogP contribution < -0.4 is 5.32 Å². The highest BCUT2D eigenvalue weighted by Crippen LogP contribution is 2.29. The molecule has 1 unspecified atom stereocenters. The zero-order valence-electron chi connectivity index (χ0n) is 10.9. The number of nitrogens with one attached hydrogen (secondary N) is 2. The lowest BCUT2D eigenvalue weighted by Crippen LogP contribution is -2.28. The normalized spacial score (nSPS) is 18.4. The molecular formula is C14H13ClN4O. The van der Waals surface area contributed by atoms with Gasteiger partial charge in [0.2, 0.25) is 5.89 Å². The molecule has 1 aliphatic heterocycles. The molecule has 0 aliphatic carbocycles. The largest absolute Gasteiger partial charge is 0.439 e. The number of benzene rings is 1. The van der Waals surface area contributed by atoms with E-state index in [-0.39, 0.29) is 6.04 Å². The topological polar surface area (TPSA) is 66.7 Å². The molecule has 2 N–H and O–H groups in total. The summed E-state index contributed by atoms with van der Waals surface area (Å²) in [5, 5.41) is 4.09. The van der Waals surface area contributed by atoms with Gasteiger partial charge >= 0.3 is 0 Å². The molecule has 3 aromatic rings. The van der Waals surface area contributed by atoms with E-state index in [1.807, 2.05) is 19.1 Å². The number of rotatable bonds is 1. The fraction of sp³-hybridized carbons (Fsp3) is 0.286. The fourth-order valence-corrected chi connectivity index (χ4v) is 2.93. The number of hydrogen-bond acceptors (Lipinski definition) is 4. The second kappa shape index (κ2) is 4.33. The first-order valence-corrected chi connectivity index (χ1v) is 6.89. The molecule has 0 saturated carbocycles. The van der Waals surface area contributed by atoms with Gasteiger partial charge in [0, 0.05) is 18.0 Å². The predicted molar refractivity (Wildman–Crippen MR) is 75.6 cm³/mol. The van der Waals surface area contributed by atoms with Crippen LogP contribution in [0.3, 0.4) is 0 Å². The van der Waals surface area contributed by atoms with Crippen LogP contribution in [0.5, 0.6) is 0 Å². The van der Waals surface area contributed by atoms with Crippen LogP contribution in [-0.2, 0) is 13.0 Å². The number of imidazole rings is 1. The van der Waals surface area contributed by atoms with Gasteiger partial charge in [-0.25, -0.2) is 9.97 Å². The third kappa shape index (κ3) is 1.82. The van der Waals surface area contributed by atoms with Crippen LogP contribution in [0.15, 0.2) is 22.9 Å². The van der Waals surface area contributed by atoms with Crippen LogP contribution in [0.1, 0.15) is 28.9 Å². The van der Waals surface area contributed by atoms with E-state index in [0.29, 0.717) is 10.9 Å². The second-order valence-electron chi connectivity index (χ2n) is 5.09. The zero-order chi connectivity index (χ0) is 13.7. The molecule has 6 heteroatoms. The van der Waals surface area contributed by atoms with Crippen LogP contribution in [0.2, 0.25) is 5.02 Å². The highest BCUT2D eigenvalue weighted by molar-refractivity contribution is 6.31. The Morgan fingerprint density at radius 3 is 3.20 bits per heavy atom. The van der Waals surface area contributed by atoms with Gasteiger partial charge in [-0.3, -0.25) is 5.32 Å². The molecule has 1 aromatic carbocycles. The zero-order valence-corrected chi connectivity index (χ0v) is 11.7. The minimum atomic E-state index is 0.0522. The summed E-state index contributed by atoms with van der Waals surface area (Å²) in [6.07, 6.45) is 2.50. The summed E-state index contributed by atoms with van der Waals surface area (Å²) < 4.78 is 5.91. The van der Waals surface area contributed by atoms with Crippen LogP contribution in [0, 0.1) is 6.92 Å². The molecule has 20 heavy (non-hydrogen) atoms. The van der Waals surface area contributed by atoms with Crippen LogP contribution in [0.25, 0.3) is 11.1 Å². The van der Waals surface area contributed by atoms with Crippen molar-refractivity contribution in [1.82, 2.24) is 20.3 Å². The Morgan fingerprint density at radius 2 is 2.30 bits per heavy atom. The lowest BCUT2D eigenvalue weighted by atomic mass is 10.1.